The molecule has 3 nitrogen and oxygen atoms in total. The van der Waals surface area contributed by atoms with Gasteiger partial charge in [-0.05, 0) is 98.1 Å². The average Bonchev–Trinajstić information content (AvgIpc) is 3.92. The van der Waals surface area contributed by atoms with Crippen LogP contribution in [0.5, 0.6) is 0 Å². The number of rotatable bonds is 3. The van der Waals surface area contributed by atoms with Crippen molar-refractivity contribution in [2.75, 3.05) is 0 Å². The third kappa shape index (κ3) is 4.28. The van der Waals surface area contributed by atoms with E-state index in [1.165, 1.54) is 60.3 Å². The monoisotopic (exact) mass is 736 g/mol. The fourth-order valence-electron chi connectivity index (χ4n) is 9.76. The lowest BCUT2D eigenvalue weighted by atomic mass is 9.79. The molecular formula is C52H36N2OS. The van der Waals surface area contributed by atoms with Crippen molar-refractivity contribution in [1.82, 2.24) is 9.97 Å². The second-order valence-electron chi connectivity index (χ2n) is 16.5. The van der Waals surface area contributed by atoms with Crippen LogP contribution < -0.4 is 0 Å². The molecule has 2 aliphatic carbocycles. The Labute approximate surface area is 328 Å². The summed E-state index contributed by atoms with van der Waals surface area (Å²) in [6.07, 6.45) is 0. The fraction of sp³-hybridized carbons (Fsp3) is 0.115. The van der Waals surface area contributed by atoms with Crippen molar-refractivity contribution in [2.45, 2.75) is 38.5 Å². The van der Waals surface area contributed by atoms with Crippen molar-refractivity contribution in [1.29, 1.82) is 0 Å². The van der Waals surface area contributed by atoms with Gasteiger partial charge >= 0.3 is 0 Å². The summed E-state index contributed by atoms with van der Waals surface area (Å²) in [5, 5.41) is 3.33. The maximum Gasteiger partial charge on any atom is 0.160 e. The van der Waals surface area contributed by atoms with Gasteiger partial charge in [0.05, 0.1) is 15.9 Å². The van der Waals surface area contributed by atoms with Gasteiger partial charge in [-0.2, -0.15) is 0 Å². The van der Waals surface area contributed by atoms with Gasteiger partial charge in [-0.3, -0.25) is 0 Å². The first-order chi connectivity index (χ1) is 27.3. The molecule has 3 aromatic heterocycles. The van der Waals surface area contributed by atoms with Crippen LogP contribution in [0.4, 0.5) is 0 Å². The van der Waals surface area contributed by atoms with Crippen molar-refractivity contribution in [2.24, 2.45) is 0 Å². The van der Waals surface area contributed by atoms with Crippen LogP contribution in [0.3, 0.4) is 0 Å². The Morgan fingerprint density at radius 2 is 1.11 bits per heavy atom. The Bertz CT molecular complexity index is 3310. The summed E-state index contributed by atoms with van der Waals surface area (Å²) < 4.78 is 9.04. The Balaban J connectivity index is 0.993. The number of hydrogen-bond donors (Lipinski definition) is 0. The van der Waals surface area contributed by atoms with E-state index in [1.54, 1.807) is 11.3 Å². The normalized spacial score (nSPS) is 14.7. The van der Waals surface area contributed by atoms with Gasteiger partial charge < -0.3 is 4.42 Å². The Morgan fingerprint density at radius 3 is 1.95 bits per heavy atom. The van der Waals surface area contributed by atoms with E-state index >= 15 is 0 Å². The maximum atomic E-state index is 6.77. The smallest absolute Gasteiger partial charge is 0.160 e. The van der Waals surface area contributed by atoms with Crippen LogP contribution in [0.2, 0.25) is 0 Å². The van der Waals surface area contributed by atoms with E-state index in [1.807, 2.05) is 18.2 Å². The van der Waals surface area contributed by atoms with E-state index in [-0.39, 0.29) is 10.8 Å². The van der Waals surface area contributed by atoms with E-state index in [0.29, 0.717) is 5.82 Å². The van der Waals surface area contributed by atoms with Crippen molar-refractivity contribution in [3.8, 4) is 56.0 Å². The SMILES string of the molecule is CC1(C)c2ccccc2-c2cc3c(cc21)-c1ccc(-c2ccc4oc5c(-c6nc(-c7ccccc7)nc7c6sc6ccccc67)cccc5c4c2)cc1C3(C)C. The third-order valence-corrected chi connectivity index (χ3v) is 13.9. The Kier molecular flexibility index (Phi) is 6.34. The molecule has 10 aromatic rings. The zero-order valence-corrected chi connectivity index (χ0v) is 32.4. The standard InChI is InChI=1S/C52H36N2OS/c1-51(2)40-19-10-8-15-32(40)37-27-43-38(28-42(37)51)33-23-21-31(26-41(33)52(43,3)4)30-22-24-44-39(25-30)34-17-12-18-36(48(34)55-44)47-49-46(35-16-9-11-20-45(35)56-49)53-50(54-47)29-13-6-5-7-14-29/h5-28H,1-4H3. The highest BCUT2D eigenvalue weighted by atomic mass is 32.1. The van der Waals surface area contributed by atoms with Gasteiger partial charge in [-0.1, -0.05) is 131 Å². The number of nitrogens with zero attached hydrogens (tertiary/aromatic N) is 2. The van der Waals surface area contributed by atoms with E-state index in [0.717, 1.165) is 54.4 Å². The lowest BCUT2D eigenvalue weighted by Gasteiger charge is -2.24. The first-order valence-electron chi connectivity index (χ1n) is 19.4. The molecule has 4 heteroatoms. The second-order valence-corrected chi connectivity index (χ2v) is 17.6. The first-order valence-corrected chi connectivity index (χ1v) is 20.2. The van der Waals surface area contributed by atoms with Crippen LogP contribution in [0.1, 0.15) is 49.9 Å². The predicted molar refractivity (Wildman–Crippen MR) is 234 cm³/mol. The van der Waals surface area contributed by atoms with E-state index in [4.69, 9.17) is 14.4 Å². The van der Waals surface area contributed by atoms with Crippen molar-refractivity contribution >= 4 is 53.6 Å². The molecule has 0 bridgehead atoms. The van der Waals surface area contributed by atoms with Crippen LogP contribution >= 0.6 is 11.3 Å². The number of para-hydroxylation sites is 1. The van der Waals surface area contributed by atoms with E-state index in [2.05, 4.69) is 155 Å². The molecule has 3 heterocycles. The molecule has 0 unspecified atom stereocenters. The van der Waals surface area contributed by atoms with Crippen molar-refractivity contribution < 1.29 is 4.42 Å². The third-order valence-electron chi connectivity index (χ3n) is 12.7. The maximum absolute atomic E-state index is 6.77. The zero-order valence-electron chi connectivity index (χ0n) is 31.6. The number of furan rings is 1. The number of benzene rings is 7. The van der Waals surface area contributed by atoms with Crippen LogP contribution in [-0.2, 0) is 10.8 Å². The summed E-state index contributed by atoms with van der Waals surface area (Å²) in [4.78, 5) is 10.4. The summed E-state index contributed by atoms with van der Waals surface area (Å²) >= 11 is 1.74. The highest BCUT2D eigenvalue weighted by Gasteiger charge is 2.41. The summed E-state index contributed by atoms with van der Waals surface area (Å²) in [5.74, 6) is 0.715. The molecule has 12 rings (SSSR count). The van der Waals surface area contributed by atoms with Crippen molar-refractivity contribution in [3.05, 3.63) is 168 Å². The number of fused-ring (bicyclic) bond motifs is 12. The molecule has 0 atom stereocenters. The zero-order chi connectivity index (χ0) is 37.5. The molecule has 0 fully saturated rings. The lowest BCUT2D eigenvalue weighted by Crippen LogP contribution is -2.17. The average molecular weight is 737 g/mol. The largest absolute Gasteiger partial charge is 0.455 e. The van der Waals surface area contributed by atoms with Gasteiger partial charge in [-0.25, -0.2) is 9.97 Å². The molecule has 2 aliphatic rings. The van der Waals surface area contributed by atoms with E-state index in [9.17, 15) is 0 Å². The van der Waals surface area contributed by atoms with Gasteiger partial charge in [0.25, 0.3) is 0 Å². The molecule has 0 radical (unpaired) electrons. The molecule has 0 aliphatic heterocycles. The highest BCUT2D eigenvalue weighted by Crippen LogP contribution is 2.56. The molecule has 266 valence electrons. The molecule has 0 saturated carbocycles. The fourth-order valence-corrected chi connectivity index (χ4v) is 10.9. The Hall–Kier alpha value is -6.36. The minimum atomic E-state index is -0.132. The quantitative estimate of drug-likeness (QED) is 0.181. The molecular weight excluding hydrogens is 701 g/mol. The molecule has 7 aromatic carbocycles. The van der Waals surface area contributed by atoms with Crippen LogP contribution in [0, 0.1) is 0 Å². The van der Waals surface area contributed by atoms with Gasteiger partial charge in [0.15, 0.2) is 5.82 Å². The van der Waals surface area contributed by atoms with Gasteiger partial charge in [-0.15, -0.1) is 11.3 Å². The highest BCUT2D eigenvalue weighted by molar-refractivity contribution is 7.26. The molecule has 0 spiro atoms. The minimum absolute atomic E-state index is 0.0298. The summed E-state index contributed by atoms with van der Waals surface area (Å²) in [5.41, 5.74) is 18.9. The van der Waals surface area contributed by atoms with Gasteiger partial charge in [0, 0.05) is 42.8 Å². The number of hydrogen-bond acceptors (Lipinski definition) is 4. The van der Waals surface area contributed by atoms with Gasteiger partial charge in [0.1, 0.15) is 11.2 Å². The van der Waals surface area contributed by atoms with Crippen LogP contribution in [-0.4, -0.2) is 9.97 Å². The van der Waals surface area contributed by atoms with E-state index < -0.39 is 0 Å². The molecule has 56 heavy (non-hydrogen) atoms. The molecule has 0 N–H and O–H groups in total. The summed E-state index contributed by atoms with van der Waals surface area (Å²) in [6, 6.07) is 52.9. The van der Waals surface area contributed by atoms with Crippen LogP contribution in [0.25, 0.3) is 98.3 Å². The predicted octanol–water partition coefficient (Wildman–Crippen LogP) is 14.4. The summed E-state index contributed by atoms with van der Waals surface area (Å²) in [7, 11) is 0. The Morgan fingerprint density at radius 1 is 0.464 bits per heavy atom. The summed E-state index contributed by atoms with van der Waals surface area (Å²) in [6.45, 7) is 9.51. The molecule has 0 saturated heterocycles. The van der Waals surface area contributed by atoms with Gasteiger partial charge in [0.2, 0.25) is 0 Å². The number of aromatic nitrogens is 2. The first kappa shape index (κ1) is 31.9. The molecule has 0 amide bonds. The number of thiophene rings is 1. The lowest BCUT2D eigenvalue weighted by molar-refractivity contribution is 0.652. The topological polar surface area (TPSA) is 38.9 Å². The second kappa shape index (κ2) is 11.1. The van der Waals surface area contributed by atoms with Crippen molar-refractivity contribution in [3.63, 3.8) is 0 Å². The minimum Gasteiger partial charge on any atom is -0.455 e. The van der Waals surface area contributed by atoms with Crippen LogP contribution in [0.15, 0.2) is 150 Å².